The largest absolute Gasteiger partial charge is 0.481 e. The van der Waals surface area contributed by atoms with Crippen LogP contribution in [0.25, 0.3) is 0 Å². The molecule has 1 aromatic carbocycles. The summed E-state index contributed by atoms with van der Waals surface area (Å²) in [5.41, 5.74) is 9.28. The first-order valence-electron chi connectivity index (χ1n) is 5.05. The Hall–Kier alpha value is -1.35. The van der Waals surface area contributed by atoms with Gasteiger partial charge < -0.3 is 10.8 Å². The molecule has 1 rings (SSSR count). The van der Waals surface area contributed by atoms with Crippen LogP contribution in [0.5, 0.6) is 0 Å². The molecule has 82 valence electrons. The van der Waals surface area contributed by atoms with Crippen LogP contribution in [0.3, 0.4) is 0 Å². The van der Waals surface area contributed by atoms with Crippen LogP contribution < -0.4 is 5.73 Å². The second kappa shape index (κ2) is 4.94. The summed E-state index contributed by atoms with van der Waals surface area (Å²) in [6.07, 6.45) is 0.605. The summed E-state index contributed by atoms with van der Waals surface area (Å²) in [7, 11) is 0. The van der Waals surface area contributed by atoms with Crippen LogP contribution in [0.15, 0.2) is 18.2 Å². The Morgan fingerprint density at radius 2 is 2.13 bits per heavy atom. The zero-order chi connectivity index (χ0) is 11.4. The number of nitrogens with two attached hydrogens (primary N) is 1. The molecule has 1 atom stereocenters. The Kier molecular flexibility index (Phi) is 3.86. The van der Waals surface area contributed by atoms with Crippen molar-refractivity contribution < 1.29 is 9.90 Å². The van der Waals surface area contributed by atoms with E-state index in [0.717, 1.165) is 16.7 Å². The van der Waals surface area contributed by atoms with Crippen LogP contribution in [-0.4, -0.2) is 11.1 Å². The van der Waals surface area contributed by atoms with E-state index in [2.05, 4.69) is 0 Å². The number of aryl methyl sites for hydroxylation is 2. The molecule has 0 radical (unpaired) electrons. The van der Waals surface area contributed by atoms with E-state index in [9.17, 15) is 4.79 Å². The molecule has 0 aliphatic rings. The minimum atomic E-state index is -0.796. The zero-order valence-corrected chi connectivity index (χ0v) is 9.16. The van der Waals surface area contributed by atoms with Gasteiger partial charge in [0.2, 0.25) is 0 Å². The fourth-order valence-electron chi connectivity index (χ4n) is 1.59. The van der Waals surface area contributed by atoms with E-state index >= 15 is 0 Å². The minimum Gasteiger partial charge on any atom is -0.481 e. The van der Waals surface area contributed by atoms with Crippen LogP contribution in [0.4, 0.5) is 0 Å². The predicted octanol–water partition coefficient (Wildman–Crippen LogP) is 2.17. The fourth-order valence-corrected chi connectivity index (χ4v) is 1.59. The molecule has 0 spiro atoms. The number of rotatable bonds is 4. The molecule has 3 N–H and O–H groups in total. The molecule has 0 bridgehead atoms. The maximum absolute atomic E-state index is 10.4. The van der Waals surface area contributed by atoms with Crippen molar-refractivity contribution in [2.24, 2.45) is 5.73 Å². The van der Waals surface area contributed by atoms with E-state index < -0.39 is 5.97 Å². The molecule has 0 saturated carbocycles. The van der Waals surface area contributed by atoms with E-state index in [1.807, 2.05) is 32.0 Å². The highest BCUT2D eigenvalue weighted by Gasteiger charge is 2.10. The van der Waals surface area contributed by atoms with Gasteiger partial charge in [-0.15, -0.1) is 0 Å². The van der Waals surface area contributed by atoms with Crippen molar-refractivity contribution in [3.05, 3.63) is 34.9 Å². The lowest BCUT2D eigenvalue weighted by molar-refractivity contribution is -0.137. The summed E-state index contributed by atoms with van der Waals surface area (Å²) < 4.78 is 0. The highest BCUT2D eigenvalue weighted by Crippen LogP contribution is 2.20. The molecule has 3 heteroatoms. The van der Waals surface area contributed by atoms with Gasteiger partial charge in [-0.2, -0.15) is 0 Å². The molecule has 15 heavy (non-hydrogen) atoms. The second-order valence-corrected chi connectivity index (χ2v) is 3.90. The van der Waals surface area contributed by atoms with Crippen molar-refractivity contribution in [3.8, 4) is 0 Å². The summed E-state index contributed by atoms with van der Waals surface area (Å²) in [5, 5.41) is 8.58. The Balaban J connectivity index is 2.76. The first kappa shape index (κ1) is 11.7. The molecule has 0 amide bonds. The zero-order valence-electron chi connectivity index (χ0n) is 9.16. The summed E-state index contributed by atoms with van der Waals surface area (Å²) in [5.74, 6) is -0.796. The van der Waals surface area contributed by atoms with Crippen LogP contribution in [-0.2, 0) is 4.79 Å². The van der Waals surface area contributed by atoms with Crippen LogP contribution in [0.2, 0.25) is 0 Å². The molecule has 0 heterocycles. The molecule has 0 aliphatic carbocycles. The van der Waals surface area contributed by atoms with E-state index in [4.69, 9.17) is 10.8 Å². The third kappa shape index (κ3) is 3.36. The molecule has 0 unspecified atom stereocenters. The first-order valence-corrected chi connectivity index (χ1v) is 5.05. The highest BCUT2D eigenvalue weighted by molar-refractivity contribution is 5.66. The van der Waals surface area contributed by atoms with Crippen LogP contribution in [0, 0.1) is 13.8 Å². The number of carboxylic acids is 1. The van der Waals surface area contributed by atoms with Gasteiger partial charge in [-0.25, -0.2) is 0 Å². The lowest BCUT2D eigenvalue weighted by Crippen LogP contribution is -2.13. The van der Waals surface area contributed by atoms with Gasteiger partial charge in [0.15, 0.2) is 0 Å². The number of hydrogen-bond acceptors (Lipinski definition) is 2. The number of carboxylic acid groups (broad SMARTS) is 1. The summed E-state index contributed by atoms with van der Waals surface area (Å²) >= 11 is 0. The molecule has 0 aliphatic heterocycles. The minimum absolute atomic E-state index is 0.120. The third-order valence-corrected chi connectivity index (χ3v) is 2.50. The Labute approximate surface area is 89.9 Å². The van der Waals surface area contributed by atoms with Gasteiger partial charge in [0.1, 0.15) is 0 Å². The van der Waals surface area contributed by atoms with Gasteiger partial charge >= 0.3 is 5.97 Å². The lowest BCUT2D eigenvalue weighted by atomic mass is 9.96. The molecule has 0 fully saturated rings. The fraction of sp³-hybridized carbons (Fsp3) is 0.417. The molecular weight excluding hydrogens is 190 g/mol. The second-order valence-electron chi connectivity index (χ2n) is 3.90. The summed E-state index contributed by atoms with van der Waals surface area (Å²) in [6.45, 7) is 4.00. The van der Waals surface area contributed by atoms with Crippen molar-refractivity contribution in [1.29, 1.82) is 0 Å². The third-order valence-electron chi connectivity index (χ3n) is 2.50. The Bertz CT molecular complexity index is 361. The van der Waals surface area contributed by atoms with Crippen LogP contribution >= 0.6 is 0 Å². The Morgan fingerprint density at radius 3 is 2.73 bits per heavy atom. The van der Waals surface area contributed by atoms with Crippen molar-refractivity contribution in [2.45, 2.75) is 32.7 Å². The van der Waals surface area contributed by atoms with Crippen LogP contribution in [0.1, 0.15) is 35.6 Å². The van der Waals surface area contributed by atoms with Gasteiger partial charge in [0.05, 0.1) is 0 Å². The van der Waals surface area contributed by atoms with Crippen molar-refractivity contribution in [1.82, 2.24) is 0 Å². The quantitative estimate of drug-likeness (QED) is 0.795. The molecule has 1 aromatic rings. The van der Waals surface area contributed by atoms with Gasteiger partial charge in [-0.3, -0.25) is 4.79 Å². The van der Waals surface area contributed by atoms with Crippen molar-refractivity contribution >= 4 is 5.97 Å². The normalized spacial score (nSPS) is 12.5. The standard InChI is InChI=1S/C12H17NO2/c1-8-3-4-9(2)10(7-8)11(13)5-6-12(14)15/h3-4,7,11H,5-6,13H2,1-2H3,(H,14,15)/t11-/m1/s1. The van der Waals surface area contributed by atoms with Gasteiger partial charge in [0, 0.05) is 12.5 Å². The van der Waals surface area contributed by atoms with E-state index in [-0.39, 0.29) is 12.5 Å². The topological polar surface area (TPSA) is 63.3 Å². The summed E-state index contributed by atoms with van der Waals surface area (Å²) in [6, 6.07) is 5.90. The van der Waals surface area contributed by atoms with E-state index in [0.29, 0.717) is 6.42 Å². The van der Waals surface area contributed by atoms with Crippen molar-refractivity contribution in [3.63, 3.8) is 0 Å². The predicted molar refractivity (Wildman–Crippen MR) is 59.7 cm³/mol. The smallest absolute Gasteiger partial charge is 0.303 e. The molecule has 0 saturated heterocycles. The maximum Gasteiger partial charge on any atom is 0.303 e. The van der Waals surface area contributed by atoms with Gasteiger partial charge in [-0.05, 0) is 31.4 Å². The molecular formula is C12H17NO2. The van der Waals surface area contributed by atoms with Gasteiger partial charge in [0.25, 0.3) is 0 Å². The lowest BCUT2D eigenvalue weighted by Gasteiger charge is -2.14. The maximum atomic E-state index is 10.4. The molecule has 0 aromatic heterocycles. The SMILES string of the molecule is Cc1ccc(C)c([C@H](N)CCC(=O)O)c1. The van der Waals surface area contributed by atoms with E-state index in [1.165, 1.54) is 0 Å². The van der Waals surface area contributed by atoms with E-state index in [1.54, 1.807) is 0 Å². The number of aliphatic carboxylic acids is 1. The average Bonchev–Trinajstić information content (AvgIpc) is 2.18. The van der Waals surface area contributed by atoms with Crippen molar-refractivity contribution in [2.75, 3.05) is 0 Å². The Morgan fingerprint density at radius 1 is 1.47 bits per heavy atom. The number of hydrogen-bond donors (Lipinski definition) is 2. The molecule has 3 nitrogen and oxygen atoms in total. The summed E-state index contributed by atoms with van der Waals surface area (Å²) in [4.78, 5) is 10.4. The number of carbonyl (C=O) groups is 1. The first-order chi connectivity index (χ1) is 7.00. The monoisotopic (exact) mass is 207 g/mol. The number of benzene rings is 1. The average molecular weight is 207 g/mol. The highest BCUT2D eigenvalue weighted by atomic mass is 16.4. The van der Waals surface area contributed by atoms with Gasteiger partial charge in [-0.1, -0.05) is 23.8 Å².